The van der Waals surface area contributed by atoms with Gasteiger partial charge in [-0.05, 0) is 48.0 Å². The number of aromatic nitrogens is 2. The predicted molar refractivity (Wildman–Crippen MR) is 93.2 cm³/mol. The summed E-state index contributed by atoms with van der Waals surface area (Å²) >= 11 is 3.35. The third-order valence-electron chi connectivity index (χ3n) is 3.21. The number of rotatable bonds is 4. The largest absolute Gasteiger partial charge is 0.289 e. The zero-order valence-corrected chi connectivity index (χ0v) is 13.9. The molecule has 0 saturated carbocycles. The molecular weight excluding hydrogens is 375 g/mol. The van der Waals surface area contributed by atoms with Crippen molar-refractivity contribution < 1.29 is 9.18 Å². The molecule has 5 nitrogen and oxygen atoms in total. The van der Waals surface area contributed by atoms with Crippen molar-refractivity contribution in [2.75, 3.05) is 0 Å². The molecule has 7 heteroatoms. The Morgan fingerprint density at radius 2 is 1.88 bits per heavy atom. The second kappa shape index (κ2) is 7.18. The molecule has 0 saturated heterocycles. The maximum Gasteiger partial charge on any atom is 0.289 e. The first-order chi connectivity index (χ1) is 11.6. The number of aromatic amines is 1. The highest BCUT2D eigenvalue weighted by atomic mass is 79.9. The first kappa shape index (κ1) is 16.1. The Morgan fingerprint density at radius 1 is 1.17 bits per heavy atom. The summed E-state index contributed by atoms with van der Waals surface area (Å²) in [5.41, 5.74) is 4.81. The fourth-order valence-corrected chi connectivity index (χ4v) is 2.25. The number of halogens is 2. The maximum absolute atomic E-state index is 12.9. The van der Waals surface area contributed by atoms with Gasteiger partial charge in [0.2, 0.25) is 0 Å². The number of carbonyl (C=O) groups excluding carboxylic acids is 1. The molecule has 1 heterocycles. The Hall–Kier alpha value is -2.80. The fourth-order valence-electron chi connectivity index (χ4n) is 1.98. The summed E-state index contributed by atoms with van der Waals surface area (Å²) in [6.07, 6.45) is 1.54. The monoisotopic (exact) mass is 386 g/mol. The second-order valence-corrected chi connectivity index (χ2v) is 5.84. The van der Waals surface area contributed by atoms with Crippen molar-refractivity contribution in [2.45, 2.75) is 0 Å². The normalized spacial score (nSPS) is 10.9. The Balaban J connectivity index is 1.65. The summed E-state index contributed by atoms with van der Waals surface area (Å²) in [5, 5.41) is 10.6. The van der Waals surface area contributed by atoms with Gasteiger partial charge in [-0.1, -0.05) is 28.1 Å². The molecule has 0 aliphatic heterocycles. The number of benzene rings is 2. The second-order valence-electron chi connectivity index (χ2n) is 4.92. The lowest BCUT2D eigenvalue weighted by Crippen LogP contribution is -2.17. The van der Waals surface area contributed by atoms with E-state index < -0.39 is 5.91 Å². The average Bonchev–Trinajstić information content (AvgIpc) is 3.07. The van der Waals surface area contributed by atoms with Gasteiger partial charge in [-0.15, -0.1) is 0 Å². The highest BCUT2D eigenvalue weighted by Crippen LogP contribution is 2.17. The van der Waals surface area contributed by atoms with Crippen molar-refractivity contribution in [1.29, 1.82) is 0 Å². The van der Waals surface area contributed by atoms with Crippen LogP contribution < -0.4 is 5.43 Å². The van der Waals surface area contributed by atoms with E-state index in [1.165, 1.54) is 12.1 Å². The molecule has 0 bridgehead atoms. The van der Waals surface area contributed by atoms with Crippen LogP contribution in [0.4, 0.5) is 4.39 Å². The van der Waals surface area contributed by atoms with E-state index in [0.29, 0.717) is 11.3 Å². The van der Waals surface area contributed by atoms with E-state index in [9.17, 15) is 9.18 Å². The predicted octanol–water partition coefficient (Wildman–Crippen LogP) is 3.74. The zero-order valence-electron chi connectivity index (χ0n) is 12.3. The van der Waals surface area contributed by atoms with Gasteiger partial charge in [0.05, 0.1) is 11.9 Å². The van der Waals surface area contributed by atoms with Crippen LogP contribution in [-0.4, -0.2) is 22.3 Å². The van der Waals surface area contributed by atoms with Gasteiger partial charge in [0.15, 0.2) is 0 Å². The number of nitrogens with zero attached hydrogens (tertiary/aromatic N) is 2. The summed E-state index contributed by atoms with van der Waals surface area (Å²) in [7, 11) is 0. The lowest BCUT2D eigenvalue weighted by Gasteiger charge is -1.96. The van der Waals surface area contributed by atoms with Crippen LogP contribution >= 0.6 is 15.9 Å². The first-order valence-corrected chi connectivity index (χ1v) is 7.81. The quantitative estimate of drug-likeness (QED) is 0.529. The molecule has 0 spiro atoms. The summed E-state index contributed by atoms with van der Waals surface area (Å²) < 4.78 is 13.9. The summed E-state index contributed by atoms with van der Waals surface area (Å²) in [4.78, 5) is 12.0. The maximum atomic E-state index is 12.9. The van der Waals surface area contributed by atoms with Gasteiger partial charge in [-0.2, -0.15) is 10.2 Å². The lowest BCUT2D eigenvalue weighted by atomic mass is 10.1. The van der Waals surface area contributed by atoms with Crippen LogP contribution in [0.5, 0.6) is 0 Å². The molecule has 120 valence electrons. The highest BCUT2D eigenvalue weighted by molar-refractivity contribution is 9.10. The molecule has 0 atom stereocenters. The summed E-state index contributed by atoms with van der Waals surface area (Å²) in [6.45, 7) is 0. The minimum Gasteiger partial charge on any atom is -0.272 e. The Kier molecular flexibility index (Phi) is 4.81. The van der Waals surface area contributed by atoms with Gasteiger partial charge >= 0.3 is 0 Å². The van der Waals surface area contributed by atoms with Crippen LogP contribution in [0.3, 0.4) is 0 Å². The lowest BCUT2D eigenvalue weighted by molar-refractivity contribution is 0.0950. The van der Waals surface area contributed by atoms with Crippen molar-refractivity contribution in [3.05, 3.63) is 76.1 Å². The molecule has 0 radical (unpaired) electrons. The molecule has 0 unspecified atom stereocenters. The van der Waals surface area contributed by atoms with Crippen molar-refractivity contribution >= 4 is 28.1 Å². The number of carbonyl (C=O) groups is 1. The van der Waals surface area contributed by atoms with Crippen molar-refractivity contribution in [3.8, 4) is 11.3 Å². The summed E-state index contributed by atoms with van der Waals surface area (Å²) in [5.74, 6) is -0.737. The van der Waals surface area contributed by atoms with E-state index in [1.807, 2.05) is 24.3 Å². The molecule has 24 heavy (non-hydrogen) atoms. The molecule has 0 aliphatic carbocycles. The van der Waals surface area contributed by atoms with Crippen LogP contribution in [0, 0.1) is 5.82 Å². The number of hydrogen-bond acceptors (Lipinski definition) is 3. The fraction of sp³-hybridized carbons (Fsp3) is 0. The summed E-state index contributed by atoms with van der Waals surface area (Å²) in [6, 6.07) is 14.9. The standard InChI is InChI=1S/C17H12BrFN4O/c18-13-5-1-11(2-6-13)10-20-23-17(24)16-9-15(21-22-16)12-3-7-14(19)8-4-12/h1-10H,(H,21,22)(H,23,24). The van der Waals surface area contributed by atoms with Crippen LogP contribution in [0.15, 0.2) is 64.2 Å². The molecule has 0 fully saturated rings. The third-order valence-corrected chi connectivity index (χ3v) is 3.74. The first-order valence-electron chi connectivity index (χ1n) is 7.02. The van der Waals surface area contributed by atoms with E-state index in [2.05, 4.69) is 36.7 Å². The molecule has 3 aromatic rings. The van der Waals surface area contributed by atoms with Crippen molar-refractivity contribution in [2.24, 2.45) is 5.10 Å². The number of hydrazone groups is 1. The van der Waals surface area contributed by atoms with Crippen molar-refractivity contribution in [1.82, 2.24) is 15.6 Å². The van der Waals surface area contributed by atoms with Crippen LogP contribution in [0.25, 0.3) is 11.3 Å². The Bertz CT molecular complexity index is 872. The van der Waals surface area contributed by atoms with Gasteiger partial charge < -0.3 is 0 Å². The van der Waals surface area contributed by atoms with E-state index in [0.717, 1.165) is 10.0 Å². The number of hydrogen-bond donors (Lipinski definition) is 2. The van der Waals surface area contributed by atoms with Gasteiger partial charge in [0.1, 0.15) is 11.5 Å². The Labute approximate surface area is 145 Å². The molecule has 1 amide bonds. The van der Waals surface area contributed by atoms with Gasteiger partial charge in [0, 0.05) is 10.0 Å². The van der Waals surface area contributed by atoms with E-state index in [1.54, 1.807) is 24.4 Å². The SMILES string of the molecule is O=C(NN=Cc1ccc(Br)cc1)c1cc(-c2ccc(F)cc2)n[nH]1. The molecule has 1 aromatic heterocycles. The smallest absolute Gasteiger partial charge is 0.272 e. The van der Waals surface area contributed by atoms with Gasteiger partial charge in [-0.3, -0.25) is 9.89 Å². The minimum absolute atomic E-state index is 0.266. The number of H-pyrrole nitrogens is 1. The molecular formula is C17H12BrFN4O. The van der Waals surface area contributed by atoms with Gasteiger partial charge in [-0.25, -0.2) is 9.82 Å². The number of nitrogens with one attached hydrogen (secondary N) is 2. The third kappa shape index (κ3) is 3.94. The van der Waals surface area contributed by atoms with Crippen molar-refractivity contribution in [3.63, 3.8) is 0 Å². The van der Waals surface area contributed by atoms with E-state index in [4.69, 9.17) is 0 Å². The van der Waals surface area contributed by atoms with Crippen LogP contribution in [-0.2, 0) is 0 Å². The topological polar surface area (TPSA) is 70.1 Å². The van der Waals surface area contributed by atoms with E-state index >= 15 is 0 Å². The van der Waals surface area contributed by atoms with Crippen LogP contribution in [0.2, 0.25) is 0 Å². The van der Waals surface area contributed by atoms with E-state index in [-0.39, 0.29) is 11.5 Å². The molecule has 3 rings (SSSR count). The Morgan fingerprint density at radius 3 is 2.58 bits per heavy atom. The molecule has 0 aliphatic rings. The molecule has 2 aromatic carbocycles. The highest BCUT2D eigenvalue weighted by Gasteiger charge is 2.10. The zero-order chi connectivity index (χ0) is 16.9. The minimum atomic E-state index is -0.413. The molecule has 2 N–H and O–H groups in total. The van der Waals surface area contributed by atoms with Crippen LogP contribution in [0.1, 0.15) is 16.1 Å². The van der Waals surface area contributed by atoms with Gasteiger partial charge in [0.25, 0.3) is 5.91 Å². The average molecular weight is 387 g/mol. The number of amides is 1.